The topological polar surface area (TPSA) is 35.5 Å². The van der Waals surface area contributed by atoms with Crippen LogP contribution in [0.3, 0.4) is 0 Å². The zero-order valence-electron chi connectivity index (χ0n) is 11.2. The van der Waals surface area contributed by atoms with Crippen LogP contribution in [0.4, 0.5) is 0 Å². The summed E-state index contributed by atoms with van der Waals surface area (Å²) < 4.78 is 10.6. The summed E-state index contributed by atoms with van der Waals surface area (Å²) in [6, 6.07) is 4.82. The molecule has 1 aromatic carbocycles. The van der Waals surface area contributed by atoms with Gasteiger partial charge < -0.3 is 9.47 Å². The van der Waals surface area contributed by atoms with Crippen molar-refractivity contribution in [2.45, 2.75) is 13.8 Å². The zero-order valence-corrected chi connectivity index (χ0v) is 11.9. The number of ether oxygens (including phenoxy) is 2. The molecule has 0 saturated heterocycles. The van der Waals surface area contributed by atoms with Crippen LogP contribution in [0.5, 0.6) is 5.75 Å². The molecule has 0 atom stereocenters. The molecular formula is C15H17ClO3. The van der Waals surface area contributed by atoms with Gasteiger partial charge in [0.15, 0.2) is 0 Å². The van der Waals surface area contributed by atoms with E-state index in [4.69, 9.17) is 21.1 Å². The van der Waals surface area contributed by atoms with E-state index in [1.165, 1.54) is 6.07 Å². The SMILES string of the molecule is C=C(C)COC(=O)c1cc(Cl)ccc1OCC(=C)C. The Morgan fingerprint density at radius 3 is 2.42 bits per heavy atom. The first-order valence-electron chi connectivity index (χ1n) is 5.78. The van der Waals surface area contributed by atoms with Gasteiger partial charge in [0.05, 0.1) is 0 Å². The average molecular weight is 281 g/mol. The van der Waals surface area contributed by atoms with Gasteiger partial charge in [0, 0.05) is 5.02 Å². The lowest BCUT2D eigenvalue weighted by molar-refractivity contribution is 0.0536. The summed E-state index contributed by atoms with van der Waals surface area (Å²) in [6.07, 6.45) is 0. The number of halogens is 1. The van der Waals surface area contributed by atoms with Gasteiger partial charge in [-0.15, -0.1) is 0 Å². The Bertz CT molecular complexity index is 506. The number of benzene rings is 1. The summed E-state index contributed by atoms with van der Waals surface area (Å²) in [5, 5.41) is 0.449. The molecule has 0 aliphatic rings. The van der Waals surface area contributed by atoms with E-state index in [1.54, 1.807) is 19.1 Å². The van der Waals surface area contributed by atoms with Gasteiger partial charge in [-0.2, -0.15) is 0 Å². The van der Waals surface area contributed by atoms with Crippen molar-refractivity contribution in [3.63, 3.8) is 0 Å². The normalized spacial score (nSPS) is 9.84. The van der Waals surface area contributed by atoms with Crippen LogP contribution in [-0.2, 0) is 4.74 Å². The molecule has 0 radical (unpaired) electrons. The Kier molecular flexibility index (Phi) is 5.64. The number of hydrogen-bond donors (Lipinski definition) is 0. The van der Waals surface area contributed by atoms with E-state index in [0.29, 0.717) is 22.9 Å². The van der Waals surface area contributed by atoms with Crippen molar-refractivity contribution in [1.29, 1.82) is 0 Å². The van der Waals surface area contributed by atoms with E-state index in [2.05, 4.69) is 13.2 Å². The van der Waals surface area contributed by atoms with Gasteiger partial charge in [0.25, 0.3) is 0 Å². The van der Waals surface area contributed by atoms with Crippen LogP contribution in [0.15, 0.2) is 42.5 Å². The highest BCUT2D eigenvalue weighted by Crippen LogP contribution is 2.24. The molecule has 0 fully saturated rings. The Hall–Kier alpha value is -1.74. The Morgan fingerprint density at radius 1 is 1.21 bits per heavy atom. The molecule has 0 aliphatic heterocycles. The predicted molar refractivity (Wildman–Crippen MR) is 76.9 cm³/mol. The van der Waals surface area contributed by atoms with Crippen LogP contribution in [0.25, 0.3) is 0 Å². The lowest BCUT2D eigenvalue weighted by atomic mass is 10.2. The predicted octanol–water partition coefficient (Wildman–Crippen LogP) is 4.03. The summed E-state index contributed by atoms with van der Waals surface area (Å²) in [6.45, 7) is 11.5. The van der Waals surface area contributed by atoms with Crippen LogP contribution in [0.1, 0.15) is 24.2 Å². The summed E-state index contributed by atoms with van der Waals surface area (Å²) in [7, 11) is 0. The van der Waals surface area contributed by atoms with Crippen molar-refractivity contribution < 1.29 is 14.3 Å². The van der Waals surface area contributed by atoms with Crippen LogP contribution >= 0.6 is 11.6 Å². The van der Waals surface area contributed by atoms with Crippen molar-refractivity contribution in [1.82, 2.24) is 0 Å². The van der Waals surface area contributed by atoms with Crippen LogP contribution in [0.2, 0.25) is 5.02 Å². The fourth-order valence-corrected chi connectivity index (χ4v) is 1.43. The summed E-state index contributed by atoms with van der Waals surface area (Å²) in [5.74, 6) is -0.0543. The third kappa shape index (κ3) is 5.18. The summed E-state index contributed by atoms with van der Waals surface area (Å²) >= 11 is 5.89. The van der Waals surface area contributed by atoms with Gasteiger partial charge in [-0.25, -0.2) is 4.79 Å². The van der Waals surface area contributed by atoms with Crippen LogP contribution in [-0.4, -0.2) is 19.2 Å². The minimum Gasteiger partial charge on any atom is -0.488 e. The third-order valence-corrected chi connectivity index (χ3v) is 2.32. The average Bonchev–Trinajstić information content (AvgIpc) is 2.34. The summed E-state index contributed by atoms with van der Waals surface area (Å²) in [5.41, 5.74) is 1.92. The van der Waals surface area contributed by atoms with E-state index < -0.39 is 5.97 Å². The maximum absolute atomic E-state index is 11.9. The third-order valence-electron chi connectivity index (χ3n) is 2.09. The van der Waals surface area contributed by atoms with Gasteiger partial charge in [0.2, 0.25) is 0 Å². The second-order valence-electron chi connectivity index (χ2n) is 4.42. The first kappa shape index (κ1) is 15.3. The van der Waals surface area contributed by atoms with Crippen molar-refractivity contribution >= 4 is 17.6 Å². The van der Waals surface area contributed by atoms with E-state index in [1.807, 2.05) is 6.92 Å². The minimum atomic E-state index is -0.484. The molecule has 1 aromatic rings. The molecule has 102 valence electrons. The number of hydrogen-bond acceptors (Lipinski definition) is 3. The Morgan fingerprint density at radius 2 is 1.84 bits per heavy atom. The lowest BCUT2D eigenvalue weighted by Crippen LogP contribution is -2.10. The van der Waals surface area contributed by atoms with Gasteiger partial charge in [-0.05, 0) is 43.2 Å². The molecule has 0 unspecified atom stereocenters. The first-order chi connectivity index (χ1) is 8.90. The van der Waals surface area contributed by atoms with E-state index in [9.17, 15) is 4.79 Å². The van der Waals surface area contributed by atoms with Gasteiger partial charge >= 0.3 is 5.97 Å². The van der Waals surface area contributed by atoms with Crippen molar-refractivity contribution in [3.8, 4) is 5.75 Å². The van der Waals surface area contributed by atoms with Crippen LogP contribution < -0.4 is 4.74 Å². The smallest absolute Gasteiger partial charge is 0.342 e. The van der Waals surface area contributed by atoms with Crippen molar-refractivity contribution in [3.05, 3.63) is 53.1 Å². The highest BCUT2D eigenvalue weighted by atomic mass is 35.5. The summed E-state index contributed by atoms with van der Waals surface area (Å²) in [4.78, 5) is 11.9. The molecule has 0 bridgehead atoms. The van der Waals surface area contributed by atoms with Crippen molar-refractivity contribution in [2.75, 3.05) is 13.2 Å². The zero-order chi connectivity index (χ0) is 14.4. The number of carbonyl (C=O) groups excluding carboxylic acids is 1. The fraction of sp³-hybridized carbons (Fsp3) is 0.267. The highest BCUT2D eigenvalue weighted by molar-refractivity contribution is 6.31. The van der Waals surface area contributed by atoms with E-state index in [-0.39, 0.29) is 6.61 Å². The molecular weight excluding hydrogens is 264 g/mol. The molecule has 1 rings (SSSR count). The quantitative estimate of drug-likeness (QED) is 0.583. The minimum absolute atomic E-state index is 0.172. The van der Waals surface area contributed by atoms with E-state index >= 15 is 0 Å². The molecule has 0 saturated carbocycles. The molecule has 0 aromatic heterocycles. The van der Waals surface area contributed by atoms with Crippen LogP contribution in [0, 0.1) is 0 Å². The standard InChI is InChI=1S/C15H17ClO3/c1-10(2)8-18-14-6-5-12(16)7-13(14)15(17)19-9-11(3)4/h5-7H,1,3,8-9H2,2,4H3. The Balaban J connectivity index is 2.89. The fourth-order valence-electron chi connectivity index (χ4n) is 1.26. The molecule has 0 N–H and O–H groups in total. The number of carbonyl (C=O) groups is 1. The van der Waals surface area contributed by atoms with Gasteiger partial charge in [-0.1, -0.05) is 24.8 Å². The first-order valence-corrected chi connectivity index (χ1v) is 6.16. The maximum atomic E-state index is 11.9. The largest absolute Gasteiger partial charge is 0.488 e. The monoisotopic (exact) mass is 280 g/mol. The molecule has 0 heterocycles. The molecule has 4 heteroatoms. The van der Waals surface area contributed by atoms with Gasteiger partial charge in [-0.3, -0.25) is 0 Å². The lowest BCUT2D eigenvalue weighted by Gasteiger charge is -2.11. The van der Waals surface area contributed by atoms with E-state index in [0.717, 1.165) is 11.1 Å². The second kappa shape index (κ2) is 7.00. The second-order valence-corrected chi connectivity index (χ2v) is 4.86. The number of esters is 1. The highest BCUT2D eigenvalue weighted by Gasteiger charge is 2.15. The number of rotatable bonds is 6. The molecule has 3 nitrogen and oxygen atoms in total. The molecule has 0 aliphatic carbocycles. The molecule has 19 heavy (non-hydrogen) atoms. The Labute approximate surface area is 118 Å². The van der Waals surface area contributed by atoms with Gasteiger partial charge in [0.1, 0.15) is 24.5 Å². The maximum Gasteiger partial charge on any atom is 0.342 e. The molecule has 0 amide bonds. The van der Waals surface area contributed by atoms with Crippen molar-refractivity contribution in [2.24, 2.45) is 0 Å². The molecule has 0 spiro atoms.